The molecule has 0 spiro atoms. The van der Waals surface area contributed by atoms with Crippen molar-refractivity contribution in [2.75, 3.05) is 0 Å². The largest absolute Gasteiger partial charge is 0.289 e. The summed E-state index contributed by atoms with van der Waals surface area (Å²) in [4.78, 5) is 11.2. The zero-order valence-electron chi connectivity index (χ0n) is 16.2. The first kappa shape index (κ1) is 17.0. The minimum Gasteiger partial charge on any atom is -0.289 e. The number of pyridine rings is 1. The number of aryl methyl sites for hydroxylation is 1. The van der Waals surface area contributed by atoms with Crippen LogP contribution in [0.3, 0.4) is 0 Å². The van der Waals surface area contributed by atoms with Gasteiger partial charge in [-0.15, -0.1) is 21.5 Å². The van der Waals surface area contributed by atoms with Crippen LogP contribution in [0.15, 0.2) is 49.2 Å². The molecule has 0 amide bonds. The molecule has 0 atom stereocenters. The van der Waals surface area contributed by atoms with Crippen molar-refractivity contribution >= 4 is 11.3 Å². The van der Waals surface area contributed by atoms with E-state index in [-0.39, 0.29) is 0 Å². The van der Waals surface area contributed by atoms with Crippen LogP contribution < -0.4 is 0 Å². The fourth-order valence-electron chi connectivity index (χ4n) is 4.91. The lowest BCUT2D eigenvalue weighted by atomic mass is 9.66. The average molecular weight is 400 g/mol. The molecule has 2 bridgehead atoms. The number of nitrogens with zero attached hydrogens (tertiary/aromatic N) is 5. The predicted molar refractivity (Wildman–Crippen MR) is 114 cm³/mol. The third kappa shape index (κ3) is 2.74. The summed E-state index contributed by atoms with van der Waals surface area (Å²) in [5, 5.41) is 9.44. The maximum absolute atomic E-state index is 4.75. The number of thiophene rings is 1. The summed E-state index contributed by atoms with van der Waals surface area (Å²) in [5.41, 5.74) is 6.10. The second-order valence-corrected chi connectivity index (χ2v) is 9.19. The zero-order chi connectivity index (χ0) is 19.4. The topological polar surface area (TPSA) is 56.5 Å². The fourth-order valence-corrected chi connectivity index (χ4v) is 5.89. The summed E-state index contributed by atoms with van der Waals surface area (Å²) >= 11 is 1.76. The maximum Gasteiger partial charge on any atom is 0.164 e. The molecule has 1 fully saturated rings. The highest BCUT2D eigenvalue weighted by atomic mass is 32.1. The monoisotopic (exact) mass is 399 g/mol. The summed E-state index contributed by atoms with van der Waals surface area (Å²) in [7, 11) is 0. The summed E-state index contributed by atoms with van der Waals surface area (Å²) in [6.07, 6.45) is 12.6. The molecule has 0 aromatic carbocycles. The van der Waals surface area contributed by atoms with E-state index in [1.165, 1.54) is 52.1 Å². The minimum absolute atomic E-state index is 0.583. The standard InChI is InChI=1S/C23H21N5S/c1-14-2-7-17(25-12-14)18-8-9-19(29-18)22-20-15-3-5-16(6-4-15)21(20)23(27-26-22)28-11-10-24-13-28/h2,7-13,15-16H,3-6H2,1H3. The van der Waals surface area contributed by atoms with Crippen LogP contribution in [0.5, 0.6) is 0 Å². The second kappa shape index (κ2) is 6.59. The van der Waals surface area contributed by atoms with Gasteiger partial charge in [0.15, 0.2) is 5.82 Å². The van der Waals surface area contributed by atoms with Gasteiger partial charge in [0, 0.05) is 24.2 Å². The van der Waals surface area contributed by atoms with E-state index >= 15 is 0 Å². The molecule has 0 unspecified atom stereocenters. The van der Waals surface area contributed by atoms with E-state index in [0.29, 0.717) is 11.8 Å². The van der Waals surface area contributed by atoms with Crippen LogP contribution >= 0.6 is 11.3 Å². The lowest BCUT2D eigenvalue weighted by Gasteiger charge is -2.39. The lowest BCUT2D eigenvalue weighted by molar-refractivity contribution is 0.356. The molecule has 7 rings (SSSR count). The van der Waals surface area contributed by atoms with Gasteiger partial charge in [-0.25, -0.2) is 4.98 Å². The van der Waals surface area contributed by atoms with Crippen molar-refractivity contribution in [3.63, 3.8) is 0 Å². The van der Waals surface area contributed by atoms with E-state index in [4.69, 9.17) is 5.10 Å². The lowest BCUT2D eigenvalue weighted by Crippen LogP contribution is -2.25. The van der Waals surface area contributed by atoms with E-state index in [2.05, 4.69) is 46.3 Å². The number of aromatic nitrogens is 5. The van der Waals surface area contributed by atoms with Crippen LogP contribution in [-0.4, -0.2) is 24.7 Å². The summed E-state index contributed by atoms with van der Waals surface area (Å²) in [5.74, 6) is 2.14. The molecule has 0 aliphatic heterocycles. The Labute approximate surface area is 173 Å². The third-order valence-corrected chi connectivity index (χ3v) is 7.44. The van der Waals surface area contributed by atoms with Gasteiger partial charge in [-0.2, -0.15) is 0 Å². The Hall–Kier alpha value is -2.86. The van der Waals surface area contributed by atoms with Crippen LogP contribution in [0.2, 0.25) is 0 Å². The molecule has 0 N–H and O–H groups in total. The van der Waals surface area contributed by atoms with Gasteiger partial charge in [-0.3, -0.25) is 9.55 Å². The molecule has 29 heavy (non-hydrogen) atoms. The summed E-state index contributed by atoms with van der Waals surface area (Å²) in [6.45, 7) is 2.06. The molecule has 4 aromatic rings. The van der Waals surface area contributed by atoms with Gasteiger partial charge in [0.2, 0.25) is 0 Å². The highest BCUT2D eigenvalue weighted by molar-refractivity contribution is 7.18. The zero-order valence-corrected chi connectivity index (χ0v) is 17.1. The van der Waals surface area contributed by atoms with Gasteiger partial charge in [0.25, 0.3) is 0 Å². The molecule has 4 aromatic heterocycles. The highest BCUT2D eigenvalue weighted by Crippen LogP contribution is 2.53. The first-order valence-corrected chi connectivity index (χ1v) is 11.0. The van der Waals surface area contributed by atoms with Gasteiger partial charge in [0.1, 0.15) is 12.0 Å². The van der Waals surface area contributed by atoms with Gasteiger partial charge < -0.3 is 0 Å². The highest BCUT2D eigenvalue weighted by Gasteiger charge is 2.38. The van der Waals surface area contributed by atoms with E-state index in [9.17, 15) is 0 Å². The van der Waals surface area contributed by atoms with Crippen molar-refractivity contribution < 1.29 is 0 Å². The van der Waals surface area contributed by atoms with Gasteiger partial charge in [0.05, 0.1) is 15.4 Å². The molecule has 5 nitrogen and oxygen atoms in total. The predicted octanol–water partition coefficient (Wildman–Crippen LogP) is 5.52. The summed E-state index contributed by atoms with van der Waals surface area (Å²) in [6, 6.07) is 8.56. The number of fused-ring (bicyclic) bond motifs is 2. The molecule has 4 heterocycles. The smallest absolute Gasteiger partial charge is 0.164 e. The van der Waals surface area contributed by atoms with Crippen LogP contribution in [0, 0.1) is 6.92 Å². The molecule has 3 aliphatic rings. The van der Waals surface area contributed by atoms with Crippen LogP contribution in [0.1, 0.15) is 54.2 Å². The molecular weight excluding hydrogens is 378 g/mol. The third-order valence-electron chi connectivity index (χ3n) is 6.33. The minimum atomic E-state index is 0.583. The molecule has 144 valence electrons. The average Bonchev–Trinajstić information content (AvgIpc) is 3.47. The van der Waals surface area contributed by atoms with E-state index < -0.39 is 0 Å². The van der Waals surface area contributed by atoms with Gasteiger partial charge >= 0.3 is 0 Å². The van der Waals surface area contributed by atoms with Crippen molar-refractivity contribution in [1.29, 1.82) is 0 Å². The van der Waals surface area contributed by atoms with Gasteiger partial charge in [-0.1, -0.05) is 6.07 Å². The van der Waals surface area contributed by atoms with E-state index in [0.717, 1.165) is 17.2 Å². The Morgan fingerprint density at radius 3 is 2.45 bits per heavy atom. The Kier molecular flexibility index (Phi) is 3.87. The van der Waals surface area contributed by atoms with Crippen LogP contribution in [0.25, 0.3) is 27.0 Å². The summed E-state index contributed by atoms with van der Waals surface area (Å²) < 4.78 is 2.02. The Bertz CT molecular complexity index is 1170. The number of rotatable bonds is 3. The van der Waals surface area contributed by atoms with Crippen molar-refractivity contribution in [2.45, 2.75) is 44.4 Å². The molecule has 1 saturated carbocycles. The van der Waals surface area contributed by atoms with Gasteiger partial charge in [-0.05, 0) is 73.8 Å². The first-order valence-electron chi connectivity index (χ1n) is 10.2. The molecule has 3 aliphatic carbocycles. The normalized spacial score (nSPS) is 20.0. The molecule has 0 radical (unpaired) electrons. The Morgan fingerprint density at radius 2 is 1.72 bits per heavy atom. The fraction of sp³-hybridized carbons (Fsp3) is 0.304. The molecular formula is C23H21N5S. The first-order chi connectivity index (χ1) is 14.3. The van der Waals surface area contributed by atoms with Crippen LogP contribution in [-0.2, 0) is 0 Å². The second-order valence-electron chi connectivity index (χ2n) is 8.10. The Morgan fingerprint density at radius 1 is 0.931 bits per heavy atom. The number of hydrogen-bond acceptors (Lipinski definition) is 5. The number of hydrogen-bond donors (Lipinski definition) is 0. The van der Waals surface area contributed by atoms with Crippen LogP contribution in [0.4, 0.5) is 0 Å². The van der Waals surface area contributed by atoms with Crippen molar-refractivity contribution in [2.24, 2.45) is 0 Å². The van der Waals surface area contributed by atoms with Crippen molar-refractivity contribution in [3.8, 4) is 27.0 Å². The quantitative estimate of drug-likeness (QED) is 0.455. The van der Waals surface area contributed by atoms with E-state index in [1.54, 1.807) is 11.3 Å². The molecule has 0 saturated heterocycles. The van der Waals surface area contributed by atoms with E-state index in [1.807, 2.05) is 29.5 Å². The van der Waals surface area contributed by atoms with Crippen molar-refractivity contribution in [1.82, 2.24) is 24.7 Å². The maximum atomic E-state index is 4.75. The SMILES string of the molecule is Cc1ccc(-c2ccc(-c3nnc(-n4ccnc4)c4c3C3CCC4CC3)s2)nc1. The van der Waals surface area contributed by atoms with Crippen molar-refractivity contribution in [3.05, 3.63) is 65.9 Å². The number of imidazole rings is 1. The molecule has 6 heteroatoms. The Balaban J connectivity index is 1.50.